The molecule has 19 heavy (non-hydrogen) atoms. The highest BCUT2D eigenvalue weighted by Crippen LogP contribution is 2.11. The van der Waals surface area contributed by atoms with Crippen molar-refractivity contribution in [3.05, 3.63) is 34.9 Å². The summed E-state index contributed by atoms with van der Waals surface area (Å²) in [7, 11) is 0. The second kappa shape index (κ2) is 7.76. The largest absolute Gasteiger partial charge is 0.409 e. The number of aliphatic hydroxyl groups excluding tert-OH is 1. The van der Waals surface area contributed by atoms with Gasteiger partial charge in [0.05, 0.1) is 0 Å². The van der Waals surface area contributed by atoms with E-state index in [2.05, 4.69) is 17.4 Å². The van der Waals surface area contributed by atoms with E-state index in [1.165, 1.54) is 5.56 Å². The van der Waals surface area contributed by atoms with Crippen LogP contribution >= 0.6 is 0 Å². The van der Waals surface area contributed by atoms with Gasteiger partial charge in [0.1, 0.15) is 0 Å². The van der Waals surface area contributed by atoms with Crippen LogP contribution in [0.4, 0.5) is 0 Å². The van der Waals surface area contributed by atoms with Crippen LogP contribution in [0.1, 0.15) is 30.0 Å². The molecule has 0 aromatic heterocycles. The van der Waals surface area contributed by atoms with Gasteiger partial charge >= 0.3 is 0 Å². The Kier molecular flexibility index (Phi) is 6.32. The molecule has 0 saturated carbocycles. The Hall–Kier alpha value is -1.59. The zero-order chi connectivity index (χ0) is 14.3. The number of hydrogen-bond donors (Lipinski definition) is 4. The van der Waals surface area contributed by atoms with Crippen LogP contribution in [0.15, 0.2) is 23.4 Å². The summed E-state index contributed by atoms with van der Waals surface area (Å²) in [5, 5.41) is 23.8. The van der Waals surface area contributed by atoms with Gasteiger partial charge in [-0.15, -0.1) is 0 Å². The molecule has 0 spiro atoms. The second-order valence-electron chi connectivity index (χ2n) is 4.87. The molecule has 0 radical (unpaired) electrons. The molecule has 106 valence electrons. The molecular formula is C14H23N3O2. The molecule has 1 rings (SSSR count). The summed E-state index contributed by atoms with van der Waals surface area (Å²) in [6, 6.07) is 5.73. The molecular weight excluding hydrogens is 242 g/mol. The number of nitrogens with zero attached hydrogens (tertiary/aromatic N) is 1. The Morgan fingerprint density at radius 2 is 2.21 bits per heavy atom. The summed E-state index contributed by atoms with van der Waals surface area (Å²) >= 11 is 0. The molecule has 0 bridgehead atoms. The molecule has 1 aromatic carbocycles. The van der Waals surface area contributed by atoms with Crippen molar-refractivity contribution in [1.29, 1.82) is 0 Å². The summed E-state index contributed by atoms with van der Waals surface area (Å²) < 4.78 is 0. The zero-order valence-electron chi connectivity index (χ0n) is 11.6. The van der Waals surface area contributed by atoms with Crippen LogP contribution in [0, 0.1) is 12.8 Å². The van der Waals surface area contributed by atoms with Crippen LogP contribution in [-0.4, -0.2) is 29.3 Å². The average molecular weight is 265 g/mol. The Balaban J connectivity index is 2.56. The van der Waals surface area contributed by atoms with E-state index >= 15 is 0 Å². The van der Waals surface area contributed by atoms with E-state index in [1.807, 2.05) is 25.1 Å². The van der Waals surface area contributed by atoms with Crippen molar-refractivity contribution in [2.45, 2.75) is 26.8 Å². The van der Waals surface area contributed by atoms with Gasteiger partial charge in [-0.3, -0.25) is 0 Å². The molecule has 0 amide bonds. The monoisotopic (exact) mass is 265 g/mol. The van der Waals surface area contributed by atoms with Crippen molar-refractivity contribution in [2.75, 3.05) is 13.2 Å². The first kappa shape index (κ1) is 15.5. The van der Waals surface area contributed by atoms with Crippen molar-refractivity contribution < 1.29 is 10.3 Å². The van der Waals surface area contributed by atoms with Crippen LogP contribution in [0.3, 0.4) is 0 Å². The summed E-state index contributed by atoms with van der Waals surface area (Å²) in [6.45, 7) is 6.00. The van der Waals surface area contributed by atoms with E-state index in [1.54, 1.807) is 0 Å². The van der Waals surface area contributed by atoms with Crippen molar-refractivity contribution in [3.63, 3.8) is 0 Å². The molecule has 5 nitrogen and oxygen atoms in total. The topological polar surface area (TPSA) is 90.9 Å². The van der Waals surface area contributed by atoms with Gasteiger partial charge in [0.2, 0.25) is 0 Å². The van der Waals surface area contributed by atoms with E-state index in [0.29, 0.717) is 5.92 Å². The van der Waals surface area contributed by atoms with E-state index in [9.17, 15) is 0 Å². The number of benzene rings is 1. The number of rotatable bonds is 7. The number of amidine groups is 1. The predicted molar refractivity (Wildman–Crippen MR) is 76.3 cm³/mol. The minimum Gasteiger partial charge on any atom is -0.409 e. The first-order chi connectivity index (χ1) is 9.08. The number of aliphatic hydroxyl groups is 1. The number of oxime groups is 1. The highest BCUT2D eigenvalue weighted by molar-refractivity contribution is 5.97. The van der Waals surface area contributed by atoms with Crippen molar-refractivity contribution >= 4 is 5.84 Å². The summed E-state index contributed by atoms with van der Waals surface area (Å²) in [5.41, 5.74) is 8.56. The summed E-state index contributed by atoms with van der Waals surface area (Å²) in [5.74, 6) is 0.584. The second-order valence-corrected chi connectivity index (χ2v) is 4.87. The summed E-state index contributed by atoms with van der Waals surface area (Å²) in [4.78, 5) is 0. The number of nitrogens with one attached hydrogen (secondary N) is 1. The van der Waals surface area contributed by atoms with Gasteiger partial charge in [0, 0.05) is 18.7 Å². The van der Waals surface area contributed by atoms with E-state index in [0.717, 1.165) is 30.6 Å². The minimum atomic E-state index is 0.124. The first-order valence-electron chi connectivity index (χ1n) is 6.47. The molecule has 0 aliphatic heterocycles. The van der Waals surface area contributed by atoms with Gasteiger partial charge < -0.3 is 21.4 Å². The zero-order valence-corrected chi connectivity index (χ0v) is 11.6. The molecule has 1 unspecified atom stereocenters. The molecule has 5 N–H and O–H groups in total. The molecule has 5 heteroatoms. The van der Waals surface area contributed by atoms with Crippen LogP contribution in [0.25, 0.3) is 0 Å². The number of nitrogens with two attached hydrogens (primary N) is 1. The molecule has 0 saturated heterocycles. The summed E-state index contributed by atoms with van der Waals surface area (Å²) in [6.07, 6.45) is 0.814. The fourth-order valence-corrected chi connectivity index (χ4v) is 1.89. The lowest BCUT2D eigenvalue weighted by Gasteiger charge is -2.13. The minimum absolute atomic E-state index is 0.124. The maximum absolute atomic E-state index is 8.83. The highest BCUT2D eigenvalue weighted by atomic mass is 16.4. The first-order valence-corrected chi connectivity index (χ1v) is 6.47. The average Bonchev–Trinajstić information content (AvgIpc) is 2.40. The van der Waals surface area contributed by atoms with E-state index < -0.39 is 0 Å². The van der Waals surface area contributed by atoms with Crippen LogP contribution in [0.2, 0.25) is 0 Å². The highest BCUT2D eigenvalue weighted by Gasteiger charge is 2.05. The molecule has 0 aliphatic rings. The Labute approximate surface area is 114 Å². The lowest BCUT2D eigenvalue weighted by molar-refractivity contribution is 0.260. The van der Waals surface area contributed by atoms with Crippen molar-refractivity contribution in [3.8, 4) is 0 Å². The molecule has 0 fully saturated rings. The van der Waals surface area contributed by atoms with Gasteiger partial charge in [-0.2, -0.15) is 0 Å². The van der Waals surface area contributed by atoms with E-state index in [-0.39, 0.29) is 12.4 Å². The molecule has 0 aliphatic carbocycles. The molecule has 1 aromatic rings. The fourth-order valence-electron chi connectivity index (χ4n) is 1.89. The van der Waals surface area contributed by atoms with Gasteiger partial charge in [0.15, 0.2) is 5.84 Å². The third-order valence-electron chi connectivity index (χ3n) is 3.18. The lowest BCUT2D eigenvalue weighted by Crippen LogP contribution is -2.22. The van der Waals surface area contributed by atoms with Gasteiger partial charge in [-0.25, -0.2) is 0 Å². The Bertz CT molecular complexity index is 433. The van der Waals surface area contributed by atoms with Gasteiger partial charge in [-0.1, -0.05) is 24.2 Å². The third kappa shape index (κ3) is 4.89. The standard InChI is InChI=1S/C14H23N3O2/c1-10(5-6-18)8-16-9-13-4-3-12(7-11(13)2)14(15)17-19/h3-4,7,10,16,18-19H,5-6,8-9H2,1-2H3,(H2,15,17). The Morgan fingerprint density at radius 1 is 1.47 bits per heavy atom. The van der Waals surface area contributed by atoms with Crippen LogP contribution < -0.4 is 11.1 Å². The van der Waals surface area contributed by atoms with Gasteiger partial charge in [-0.05, 0) is 43.0 Å². The van der Waals surface area contributed by atoms with Gasteiger partial charge in [0.25, 0.3) is 0 Å². The van der Waals surface area contributed by atoms with Crippen LogP contribution in [-0.2, 0) is 6.54 Å². The van der Waals surface area contributed by atoms with Crippen molar-refractivity contribution in [1.82, 2.24) is 5.32 Å². The predicted octanol–water partition coefficient (Wildman–Crippen LogP) is 1.20. The maximum Gasteiger partial charge on any atom is 0.170 e. The fraction of sp³-hybridized carbons (Fsp3) is 0.500. The Morgan fingerprint density at radius 3 is 2.79 bits per heavy atom. The quantitative estimate of drug-likeness (QED) is 0.258. The van der Waals surface area contributed by atoms with E-state index in [4.69, 9.17) is 16.0 Å². The molecule has 0 heterocycles. The third-order valence-corrected chi connectivity index (χ3v) is 3.18. The van der Waals surface area contributed by atoms with Crippen molar-refractivity contribution in [2.24, 2.45) is 16.8 Å². The number of aryl methyl sites for hydroxylation is 1. The molecule has 1 atom stereocenters. The maximum atomic E-state index is 8.83. The smallest absolute Gasteiger partial charge is 0.170 e. The number of hydrogen-bond acceptors (Lipinski definition) is 4. The lowest BCUT2D eigenvalue weighted by atomic mass is 10.0. The normalized spacial score (nSPS) is 13.5. The van der Waals surface area contributed by atoms with Crippen LogP contribution in [0.5, 0.6) is 0 Å². The SMILES string of the molecule is Cc1cc(/C(N)=N/O)ccc1CNCC(C)CCO.